The fraction of sp³-hybridized carbons (Fsp3) is 0.250. The van der Waals surface area contributed by atoms with Crippen LogP contribution in [0.1, 0.15) is 11.7 Å². The molecule has 0 aliphatic carbocycles. The quantitative estimate of drug-likeness (QED) is 0.783. The minimum absolute atomic E-state index is 0.105. The van der Waals surface area contributed by atoms with Crippen LogP contribution in [0.4, 0.5) is 8.78 Å². The highest BCUT2D eigenvalue weighted by atomic mass is 79.9. The molecule has 1 rings (SSSR count). The Balaban J connectivity index is 3.01. The number of aliphatic hydroxyl groups is 1. The highest BCUT2D eigenvalue weighted by Gasteiger charge is 2.11. The lowest BCUT2D eigenvalue weighted by Gasteiger charge is -2.07. The van der Waals surface area contributed by atoms with Crippen LogP contribution in [-0.4, -0.2) is 10.4 Å². The predicted molar refractivity (Wildman–Crippen MR) is 45.1 cm³/mol. The molecule has 0 bridgehead atoms. The lowest BCUT2D eigenvalue weighted by molar-refractivity contribution is 0.200. The molecule has 0 unspecified atom stereocenters. The molecule has 0 fully saturated rings. The molecule has 0 aliphatic rings. The van der Waals surface area contributed by atoms with Crippen molar-refractivity contribution in [1.82, 2.24) is 0 Å². The van der Waals surface area contributed by atoms with Gasteiger partial charge in [-0.05, 0) is 6.07 Å². The van der Waals surface area contributed by atoms with E-state index < -0.39 is 17.7 Å². The van der Waals surface area contributed by atoms with Crippen molar-refractivity contribution in [3.05, 3.63) is 35.4 Å². The Morgan fingerprint density at radius 2 is 2.08 bits per heavy atom. The van der Waals surface area contributed by atoms with E-state index in [4.69, 9.17) is 0 Å². The third-order valence-electron chi connectivity index (χ3n) is 1.47. The van der Waals surface area contributed by atoms with E-state index >= 15 is 0 Å². The number of alkyl halides is 1. The van der Waals surface area contributed by atoms with Crippen LogP contribution < -0.4 is 0 Å². The van der Waals surface area contributed by atoms with Crippen LogP contribution in [0, 0.1) is 11.6 Å². The summed E-state index contributed by atoms with van der Waals surface area (Å²) in [6.07, 6.45) is -0.925. The van der Waals surface area contributed by atoms with Gasteiger partial charge in [0.1, 0.15) is 11.6 Å². The van der Waals surface area contributed by atoms with E-state index in [1.165, 1.54) is 6.07 Å². The molecule has 0 aromatic heterocycles. The summed E-state index contributed by atoms with van der Waals surface area (Å²) in [5.74, 6) is -1.36. The summed E-state index contributed by atoms with van der Waals surface area (Å²) in [7, 11) is 0. The largest absolute Gasteiger partial charge is 0.387 e. The normalized spacial score (nSPS) is 13.0. The average molecular weight is 237 g/mol. The number of benzene rings is 1. The molecule has 0 amide bonds. The van der Waals surface area contributed by atoms with Crippen molar-refractivity contribution in [2.45, 2.75) is 6.10 Å². The molecular weight excluding hydrogens is 230 g/mol. The molecule has 4 heteroatoms. The van der Waals surface area contributed by atoms with E-state index in [0.717, 1.165) is 12.1 Å². The second-order valence-electron chi connectivity index (χ2n) is 2.34. The predicted octanol–water partition coefficient (Wildman–Crippen LogP) is 2.39. The molecule has 0 heterocycles. The summed E-state index contributed by atoms with van der Waals surface area (Å²) >= 11 is 2.99. The van der Waals surface area contributed by atoms with Crippen molar-refractivity contribution in [2.24, 2.45) is 0 Å². The number of halogens is 3. The molecule has 1 aromatic rings. The third-order valence-corrected chi connectivity index (χ3v) is 2.08. The summed E-state index contributed by atoms with van der Waals surface area (Å²) in [4.78, 5) is 0. The van der Waals surface area contributed by atoms with Crippen molar-refractivity contribution in [2.75, 3.05) is 5.33 Å². The molecule has 1 aromatic carbocycles. The Morgan fingerprint density at radius 3 is 2.58 bits per heavy atom. The topological polar surface area (TPSA) is 20.2 Å². The lowest BCUT2D eigenvalue weighted by atomic mass is 10.1. The molecule has 0 aliphatic heterocycles. The molecule has 0 saturated carbocycles. The molecule has 0 spiro atoms. The number of rotatable bonds is 2. The lowest BCUT2D eigenvalue weighted by Crippen LogP contribution is -2.01. The highest BCUT2D eigenvalue weighted by Crippen LogP contribution is 2.19. The van der Waals surface area contributed by atoms with Crippen molar-refractivity contribution in [1.29, 1.82) is 0 Å². The van der Waals surface area contributed by atoms with Gasteiger partial charge >= 0.3 is 0 Å². The van der Waals surface area contributed by atoms with E-state index in [2.05, 4.69) is 15.9 Å². The van der Waals surface area contributed by atoms with Crippen molar-refractivity contribution >= 4 is 15.9 Å². The summed E-state index contributed by atoms with van der Waals surface area (Å²) in [5.41, 5.74) is 0.105. The van der Waals surface area contributed by atoms with Crippen LogP contribution in [0.25, 0.3) is 0 Å². The van der Waals surface area contributed by atoms with Crippen LogP contribution in [0.5, 0.6) is 0 Å². The minimum atomic E-state index is -0.925. The van der Waals surface area contributed by atoms with Gasteiger partial charge in [0.15, 0.2) is 0 Å². The maximum Gasteiger partial charge on any atom is 0.131 e. The average Bonchev–Trinajstić information content (AvgIpc) is 2.03. The Hall–Kier alpha value is -0.480. The maximum absolute atomic E-state index is 12.9. The fourth-order valence-electron chi connectivity index (χ4n) is 0.855. The molecule has 0 saturated heterocycles. The maximum atomic E-state index is 12.9. The van der Waals surface area contributed by atoms with Crippen LogP contribution in [0.15, 0.2) is 18.2 Å². The van der Waals surface area contributed by atoms with Gasteiger partial charge in [-0.25, -0.2) is 8.78 Å². The SMILES string of the molecule is O[C@@H](CBr)c1ccc(F)cc1F. The molecular formula is C8H7BrF2O. The molecule has 1 atom stereocenters. The van der Waals surface area contributed by atoms with Gasteiger partial charge in [-0.2, -0.15) is 0 Å². The van der Waals surface area contributed by atoms with Crippen molar-refractivity contribution in [3.63, 3.8) is 0 Å². The van der Waals surface area contributed by atoms with Gasteiger partial charge in [0, 0.05) is 17.0 Å². The first kappa shape index (κ1) is 9.61. The van der Waals surface area contributed by atoms with E-state index in [9.17, 15) is 13.9 Å². The van der Waals surface area contributed by atoms with Gasteiger partial charge in [-0.15, -0.1) is 0 Å². The third kappa shape index (κ3) is 2.01. The highest BCUT2D eigenvalue weighted by molar-refractivity contribution is 9.09. The van der Waals surface area contributed by atoms with Crippen LogP contribution in [0.2, 0.25) is 0 Å². The first-order chi connectivity index (χ1) is 5.65. The van der Waals surface area contributed by atoms with Gasteiger partial charge < -0.3 is 5.11 Å². The van der Waals surface area contributed by atoms with Gasteiger partial charge in [0.2, 0.25) is 0 Å². The van der Waals surface area contributed by atoms with Crippen molar-refractivity contribution in [3.8, 4) is 0 Å². The van der Waals surface area contributed by atoms with Gasteiger partial charge in [-0.3, -0.25) is 0 Å². The van der Waals surface area contributed by atoms with E-state index in [-0.39, 0.29) is 10.9 Å². The number of aliphatic hydroxyl groups excluding tert-OH is 1. The molecule has 12 heavy (non-hydrogen) atoms. The number of hydrogen-bond donors (Lipinski definition) is 1. The fourth-order valence-corrected chi connectivity index (χ4v) is 1.20. The summed E-state index contributed by atoms with van der Waals surface area (Å²) in [5, 5.41) is 9.42. The van der Waals surface area contributed by atoms with Crippen molar-refractivity contribution < 1.29 is 13.9 Å². The zero-order chi connectivity index (χ0) is 9.14. The standard InChI is InChI=1S/C8H7BrF2O/c9-4-8(12)6-2-1-5(10)3-7(6)11/h1-3,8,12H,4H2/t8-/m0/s1. The Morgan fingerprint density at radius 1 is 1.42 bits per heavy atom. The van der Waals surface area contributed by atoms with Crippen LogP contribution in [0.3, 0.4) is 0 Å². The van der Waals surface area contributed by atoms with Crippen LogP contribution >= 0.6 is 15.9 Å². The second kappa shape index (κ2) is 3.96. The first-order valence-electron chi connectivity index (χ1n) is 3.34. The Bertz CT molecular complexity index is 278. The molecule has 1 N–H and O–H groups in total. The second-order valence-corrected chi connectivity index (χ2v) is 2.98. The molecule has 1 nitrogen and oxygen atoms in total. The molecule has 66 valence electrons. The van der Waals surface area contributed by atoms with Crippen LogP contribution in [-0.2, 0) is 0 Å². The monoisotopic (exact) mass is 236 g/mol. The zero-order valence-electron chi connectivity index (χ0n) is 6.10. The van der Waals surface area contributed by atoms with Gasteiger partial charge in [0.25, 0.3) is 0 Å². The van der Waals surface area contributed by atoms with Gasteiger partial charge in [0.05, 0.1) is 6.10 Å². The van der Waals surface area contributed by atoms with Gasteiger partial charge in [-0.1, -0.05) is 22.0 Å². The zero-order valence-corrected chi connectivity index (χ0v) is 7.68. The summed E-state index contributed by atoms with van der Waals surface area (Å²) in [6, 6.07) is 3.10. The molecule has 0 radical (unpaired) electrons. The first-order valence-corrected chi connectivity index (χ1v) is 4.46. The van der Waals surface area contributed by atoms with E-state index in [0.29, 0.717) is 0 Å². The Kier molecular flexibility index (Phi) is 3.17. The summed E-state index contributed by atoms with van der Waals surface area (Å²) < 4.78 is 25.2. The minimum Gasteiger partial charge on any atom is -0.387 e. The Labute approximate surface area is 77.2 Å². The van der Waals surface area contributed by atoms with E-state index in [1.807, 2.05) is 0 Å². The van der Waals surface area contributed by atoms with E-state index in [1.54, 1.807) is 0 Å². The summed E-state index contributed by atoms with van der Waals surface area (Å²) in [6.45, 7) is 0. The number of hydrogen-bond acceptors (Lipinski definition) is 1. The smallest absolute Gasteiger partial charge is 0.131 e.